The Bertz CT molecular complexity index is 320. The first-order chi connectivity index (χ1) is 8.90. The number of rotatable bonds is 5. The van der Waals surface area contributed by atoms with Crippen molar-refractivity contribution >= 4 is 12.0 Å². The first-order valence-electron chi connectivity index (χ1n) is 7.16. The minimum absolute atomic E-state index is 0.0124. The lowest BCUT2D eigenvalue weighted by Gasteiger charge is -2.36. The number of amides is 2. The standard InChI is InChI=1S/C14H26N2O3/c1-10-6-7-16(12(3)8-10)14(19)15-9-11(2)4-5-13(17)18/h10-12H,4-9H2,1-3H3,(H,15,19)(H,17,18). The maximum absolute atomic E-state index is 12.1. The molecule has 0 spiro atoms. The molecule has 0 bridgehead atoms. The smallest absolute Gasteiger partial charge is 0.317 e. The average Bonchev–Trinajstić information content (AvgIpc) is 2.33. The number of hydrogen-bond acceptors (Lipinski definition) is 2. The van der Waals surface area contributed by atoms with E-state index >= 15 is 0 Å². The van der Waals surface area contributed by atoms with Gasteiger partial charge < -0.3 is 15.3 Å². The number of carboxylic acid groups (broad SMARTS) is 1. The highest BCUT2D eigenvalue weighted by Gasteiger charge is 2.26. The van der Waals surface area contributed by atoms with E-state index in [2.05, 4.69) is 19.2 Å². The van der Waals surface area contributed by atoms with Gasteiger partial charge in [0, 0.05) is 25.6 Å². The second kappa shape index (κ2) is 7.36. The number of urea groups is 1. The maximum atomic E-state index is 12.1. The Labute approximate surface area is 115 Å². The van der Waals surface area contributed by atoms with E-state index in [4.69, 9.17) is 5.11 Å². The molecule has 110 valence electrons. The van der Waals surface area contributed by atoms with Crippen LogP contribution in [-0.4, -0.2) is 41.1 Å². The molecule has 1 fully saturated rings. The minimum Gasteiger partial charge on any atom is -0.481 e. The Morgan fingerprint density at radius 3 is 2.68 bits per heavy atom. The number of piperidine rings is 1. The first-order valence-corrected chi connectivity index (χ1v) is 7.16. The Kier molecular flexibility index (Phi) is 6.12. The summed E-state index contributed by atoms with van der Waals surface area (Å²) in [6.45, 7) is 7.64. The predicted molar refractivity (Wildman–Crippen MR) is 74.0 cm³/mol. The molecule has 5 nitrogen and oxygen atoms in total. The molecule has 1 rings (SSSR count). The van der Waals surface area contributed by atoms with Crippen LogP contribution in [0.25, 0.3) is 0 Å². The number of nitrogens with one attached hydrogen (secondary N) is 1. The largest absolute Gasteiger partial charge is 0.481 e. The molecular formula is C14H26N2O3. The molecule has 5 heteroatoms. The highest BCUT2D eigenvalue weighted by molar-refractivity contribution is 5.74. The number of nitrogens with zero attached hydrogens (tertiary/aromatic N) is 1. The molecular weight excluding hydrogens is 244 g/mol. The third kappa shape index (κ3) is 5.49. The first kappa shape index (κ1) is 15.8. The molecule has 2 amide bonds. The van der Waals surface area contributed by atoms with Crippen molar-refractivity contribution in [3.63, 3.8) is 0 Å². The van der Waals surface area contributed by atoms with Gasteiger partial charge in [0.1, 0.15) is 0 Å². The summed E-state index contributed by atoms with van der Waals surface area (Å²) in [5.74, 6) is 0.101. The van der Waals surface area contributed by atoms with Crippen LogP contribution in [0.3, 0.4) is 0 Å². The zero-order chi connectivity index (χ0) is 14.4. The van der Waals surface area contributed by atoms with E-state index in [9.17, 15) is 9.59 Å². The van der Waals surface area contributed by atoms with Crippen molar-refractivity contribution in [3.8, 4) is 0 Å². The molecule has 2 N–H and O–H groups in total. The van der Waals surface area contributed by atoms with Gasteiger partial charge in [0.15, 0.2) is 0 Å². The maximum Gasteiger partial charge on any atom is 0.317 e. The molecule has 1 saturated heterocycles. The van der Waals surface area contributed by atoms with E-state index < -0.39 is 5.97 Å². The topological polar surface area (TPSA) is 69.6 Å². The normalized spacial score (nSPS) is 24.9. The van der Waals surface area contributed by atoms with E-state index in [1.807, 2.05) is 11.8 Å². The Morgan fingerprint density at radius 2 is 2.11 bits per heavy atom. The Morgan fingerprint density at radius 1 is 1.42 bits per heavy atom. The van der Waals surface area contributed by atoms with Crippen molar-refractivity contribution in [1.29, 1.82) is 0 Å². The summed E-state index contributed by atoms with van der Waals surface area (Å²) in [4.78, 5) is 24.4. The van der Waals surface area contributed by atoms with Gasteiger partial charge in [-0.2, -0.15) is 0 Å². The van der Waals surface area contributed by atoms with Gasteiger partial charge in [-0.25, -0.2) is 4.79 Å². The predicted octanol–water partition coefficient (Wildman–Crippen LogP) is 2.32. The van der Waals surface area contributed by atoms with Crippen LogP contribution in [0.1, 0.15) is 46.5 Å². The Hall–Kier alpha value is -1.26. The zero-order valence-corrected chi connectivity index (χ0v) is 12.2. The van der Waals surface area contributed by atoms with Crippen LogP contribution >= 0.6 is 0 Å². The fourth-order valence-corrected chi connectivity index (χ4v) is 2.54. The number of carbonyl (C=O) groups is 2. The van der Waals surface area contributed by atoms with Crippen LogP contribution in [0.15, 0.2) is 0 Å². The van der Waals surface area contributed by atoms with Crippen molar-refractivity contribution in [2.75, 3.05) is 13.1 Å². The van der Waals surface area contributed by atoms with Crippen molar-refractivity contribution in [3.05, 3.63) is 0 Å². The van der Waals surface area contributed by atoms with Crippen molar-refractivity contribution in [2.45, 2.75) is 52.5 Å². The van der Waals surface area contributed by atoms with Crippen molar-refractivity contribution in [1.82, 2.24) is 10.2 Å². The van der Waals surface area contributed by atoms with Gasteiger partial charge in [-0.15, -0.1) is 0 Å². The summed E-state index contributed by atoms with van der Waals surface area (Å²) in [5.41, 5.74) is 0. The molecule has 1 heterocycles. The fourth-order valence-electron chi connectivity index (χ4n) is 2.54. The lowest BCUT2D eigenvalue weighted by atomic mass is 9.94. The van der Waals surface area contributed by atoms with Crippen LogP contribution in [0.5, 0.6) is 0 Å². The SMILES string of the molecule is CC(CCC(=O)O)CNC(=O)N1CCC(C)CC1C. The van der Waals surface area contributed by atoms with Gasteiger partial charge in [-0.3, -0.25) is 4.79 Å². The van der Waals surface area contributed by atoms with Crippen LogP contribution in [0, 0.1) is 11.8 Å². The van der Waals surface area contributed by atoms with Crippen LogP contribution in [0.2, 0.25) is 0 Å². The van der Waals surface area contributed by atoms with Gasteiger partial charge in [-0.1, -0.05) is 13.8 Å². The molecule has 19 heavy (non-hydrogen) atoms. The molecule has 0 saturated carbocycles. The molecule has 0 radical (unpaired) electrons. The molecule has 1 aliphatic rings. The second-order valence-corrected chi connectivity index (χ2v) is 5.90. The molecule has 1 aliphatic heterocycles. The summed E-state index contributed by atoms with van der Waals surface area (Å²) in [6, 6.07) is 0.277. The third-order valence-corrected chi connectivity index (χ3v) is 3.85. The van der Waals surface area contributed by atoms with E-state index in [0.717, 1.165) is 19.4 Å². The van der Waals surface area contributed by atoms with Crippen LogP contribution in [-0.2, 0) is 4.79 Å². The summed E-state index contributed by atoms with van der Waals surface area (Å²) in [7, 11) is 0. The number of hydrogen-bond donors (Lipinski definition) is 2. The summed E-state index contributed by atoms with van der Waals surface area (Å²) >= 11 is 0. The van der Waals surface area contributed by atoms with Gasteiger partial charge in [0.25, 0.3) is 0 Å². The Balaban J connectivity index is 2.28. The number of carboxylic acids is 1. The zero-order valence-electron chi connectivity index (χ0n) is 12.2. The monoisotopic (exact) mass is 270 g/mol. The van der Waals surface area contributed by atoms with E-state index in [-0.39, 0.29) is 24.4 Å². The fraction of sp³-hybridized carbons (Fsp3) is 0.857. The van der Waals surface area contributed by atoms with E-state index in [0.29, 0.717) is 18.9 Å². The van der Waals surface area contributed by atoms with Gasteiger partial charge in [0.2, 0.25) is 0 Å². The molecule has 3 unspecified atom stereocenters. The van der Waals surface area contributed by atoms with Crippen molar-refractivity contribution < 1.29 is 14.7 Å². The average molecular weight is 270 g/mol. The van der Waals surface area contributed by atoms with Gasteiger partial charge in [-0.05, 0) is 38.0 Å². The molecule has 0 aromatic rings. The highest BCUT2D eigenvalue weighted by Crippen LogP contribution is 2.21. The quantitative estimate of drug-likeness (QED) is 0.805. The highest BCUT2D eigenvalue weighted by atomic mass is 16.4. The third-order valence-electron chi connectivity index (χ3n) is 3.85. The summed E-state index contributed by atoms with van der Waals surface area (Å²) in [5, 5.41) is 11.5. The molecule has 0 aromatic heterocycles. The van der Waals surface area contributed by atoms with E-state index in [1.165, 1.54) is 0 Å². The van der Waals surface area contributed by atoms with E-state index in [1.54, 1.807) is 0 Å². The lowest BCUT2D eigenvalue weighted by molar-refractivity contribution is -0.137. The number of aliphatic carboxylic acids is 1. The van der Waals surface area contributed by atoms with Crippen molar-refractivity contribution in [2.24, 2.45) is 11.8 Å². The second-order valence-electron chi connectivity index (χ2n) is 5.90. The minimum atomic E-state index is -0.781. The number of carbonyl (C=O) groups excluding carboxylic acids is 1. The number of likely N-dealkylation sites (tertiary alicyclic amines) is 1. The summed E-state index contributed by atoms with van der Waals surface area (Å²) < 4.78 is 0. The molecule has 3 atom stereocenters. The van der Waals surface area contributed by atoms with Gasteiger partial charge >= 0.3 is 12.0 Å². The molecule has 0 aliphatic carbocycles. The van der Waals surface area contributed by atoms with Gasteiger partial charge in [0.05, 0.1) is 0 Å². The van der Waals surface area contributed by atoms with Crippen LogP contribution < -0.4 is 5.32 Å². The lowest BCUT2D eigenvalue weighted by Crippen LogP contribution is -2.49. The molecule has 0 aromatic carbocycles. The van der Waals surface area contributed by atoms with Crippen LogP contribution in [0.4, 0.5) is 4.79 Å². The summed E-state index contributed by atoms with van der Waals surface area (Å²) in [6.07, 6.45) is 2.88.